The third kappa shape index (κ3) is 1.52. The highest BCUT2D eigenvalue weighted by atomic mass is 35.5. The summed E-state index contributed by atoms with van der Waals surface area (Å²) in [5.74, 6) is 0.732. The molecule has 0 aliphatic carbocycles. The lowest BCUT2D eigenvalue weighted by molar-refractivity contribution is 0.411. The van der Waals surface area contributed by atoms with Gasteiger partial charge in [-0.1, -0.05) is 23.2 Å². The van der Waals surface area contributed by atoms with Crippen molar-refractivity contribution in [3.8, 4) is 5.75 Å². The van der Waals surface area contributed by atoms with Gasteiger partial charge in [-0.15, -0.1) is 0 Å². The normalized spacial score (nSPS) is 10.1. The molecule has 0 spiro atoms. The molecule has 0 fully saturated rings. The third-order valence-electron chi connectivity index (χ3n) is 1.86. The molecule has 12 heavy (non-hydrogen) atoms. The Labute approximate surface area is 82.2 Å². The smallest absolute Gasteiger partial charge is 0.124 e. The van der Waals surface area contributed by atoms with E-state index in [0.29, 0.717) is 10.0 Å². The van der Waals surface area contributed by atoms with Crippen LogP contribution in [-0.2, 0) is 0 Å². The predicted octanol–water partition coefficient (Wildman–Crippen LogP) is 3.62. The summed E-state index contributed by atoms with van der Waals surface area (Å²) in [5, 5.41) is 1.32. The van der Waals surface area contributed by atoms with Crippen LogP contribution in [0.4, 0.5) is 0 Å². The summed E-state index contributed by atoms with van der Waals surface area (Å²) >= 11 is 11.9. The number of hydrogen-bond acceptors (Lipinski definition) is 1. The molecule has 0 atom stereocenters. The van der Waals surface area contributed by atoms with Gasteiger partial charge in [0.15, 0.2) is 0 Å². The van der Waals surface area contributed by atoms with Crippen molar-refractivity contribution in [2.45, 2.75) is 13.8 Å². The van der Waals surface area contributed by atoms with Gasteiger partial charge in [-0.2, -0.15) is 0 Å². The molecule has 1 aromatic carbocycles. The van der Waals surface area contributed by atoms with Gasteiger partial charge in [0.2, 0.25) is 0 Å². The van der Waals surface area contributed by atoms with E-state index in [0.717, 1.165) is 16.9 Å². The quantitative estimate of drug-likeness (QED) is 0.680. The molecular weight excluding hydrogens is 195 g/mol. The molecule has 0 heterocycles. The first-order valence-electron chi connectivity index (χ1n) is 3.57. The van der Waals surface area contributed by atoms with Crippen molar-refractivity contribution >= 4 is 23.2 Å². The van der Waals surface area contributed by atoms with Crippen molar-refractivity contribution in [1.82, 2.24) is 0 Å². The summed E-state index contributed by atoms with van der Waals surface area (Å²) in [6.07, 6.45) is 0. The summed E-state index contributed by atoms with van der Waals surface area (Å²) in [6, 6.07) is 1.78. The van der Waals surface area contributed by atoms with Gasteiger partial charge in [0.05, 0.1) is 12.1 Å². The third-order valence-corrected chi connectivity index (χ3v) is 2.82. The second kappa shape index (κ2) is 3.55. The topological polar surface area (TPSA) is 9.23 Å². The van der Waals surface area contributed by atoms with Crippen molar-refractivity contribution < 1.29 is 4.74 Å². The molecule has 0 unspecified atom stereocenters. The highest BCUT2D eigenvalue weighted by molar-refractivity contribution is 6.36. The van der Waals surface area contributed by atoms with Gasteiger partial charge in [-0.05, 0) is 25.5 Å². The molecule has 1 aromatic rings. The Morgan fingerprint density at radius 3 is 2.25 bits per heavy atom. The van der Waals surface area contributed by atoms with Crippen molar-refractivity contribution in [3.63, 3.8) is 0 Å². The molecule has 66 valence electrons. The summed E-state index contributed by atoms with van der Waals surface area (Å²) < 4.78 is 5.09. The molecule has 0 saturated heterocycles. The van der Waals surface area contributed by atoms with Gasteiger partial charge in [0.1, 0.15) is 5.75 Å². The Bertz CT molecular complexity index is 308. The van der Waals surface area contributed by atoms with Crippen LogP contribution in [0.5, 0.6) is 5.75 Å². The highest BCUT2D eigenvalue weighted by Gasteiger charge is 2.09. The van der Waals surface area contributed by atoms with Gasteiger partial charge in [-0.25, -0.2) is 0 Å². The Hall–Kier alpha value is -0.400. The van der Waals surface area contributed by atoms with Crippen molar-refractivity contribution in [2.24, 2.45) is 0 Å². The lowest BCUT2D eigenvalue weighted by atomic mass is 10.1. The molecule has 0 aliphatic rings. The fourth-order valence-corrected chi connectivity index (χ4v) is 1.47. The Kier molecular flexibility index (Phi) is 2.86. The molecule has 0 N–H and O–H groups in total. The largest absolute Gasteiger partial charge is 0.496 e. The summed E-state index contributed by atoms with van der Waals surface area (Å²) in [6.45, 7) is 3.79. The Balaban J connectivity index is 3.39. The average Bonchev–Trinajstić information content (AvgIpc) is 2.08. The van der Waals surface area contributed by atoms with E-state index in [9.17, 15) is 0 Å². The second-order valence-electron chi connectivity index (χ2n) is 2.62. The summed E-state index contributed by atoms with van der Waals surface area (Å²) in [4.78, 5) is 0. The Morgan fingerprint density at radius 1 is 1.17 bits per heavy atom. The Morgan fingerprint density at radius 2 is 1.75 bits per heavy atom. The zero-order valence-corrected chi connectivity index (χ0v) is 8.75. The average molecular weight is 205 g/mol. The first-order valence-corrected chi connectivity index (χ1v) is 4.32. The number of halogens is 2. The number of ether oxygens (including phenoxy) is 1. The van der Waals surface area contributed by atoms with E-state index >= 15 is 0 Å². The van der Waals surface area contributed by atoms with E-state index < -0.39 is 0 Å². The standard InChI is InChI=1S/C9H10Cl2O/c1-5-7(10)4-8(12-3)6(2)9(5)11/h4H,1-3H3. The molecule has 0 aromatic heterocycles. The van der Waals surface area contributed by atoms with Crippen LogP contribution in [0.3, 0.4) is 0 Å². The number of methoxy groups -OCH3 is 1. The van der Waals surface area contributed by atoms with Gasteiger partial charge < -0.3 is 4.74 Å². The highest BCUT2D eigenvalue weighted by Crippen LogP contribution is 2.33. The van der Waals surface area contributed by atoms with Gasteiger partial charge in [0, 0.05) is 10.6 Å². The molecular formula is C9H10Cl2O. The first-order chi connectivity index (χ1) is 5.57. The van der Waals surface area contributed by atoms with E-state index in [4.69, 9.17) is 27.9 Å². The molecule has 0 radical (unpaired) electrons. The van der Waals surface area contributed by atoms with Crippen LogP contribution in [0.25, 0.3) is 0 Å². The number of rotatable bonds is 1. The minimum Gasteiger partial charge on any atom is -0.496 e. The minimum absolute atomic E-state index is 0.641. The summed E-state index contributed by atoms with van der Waals surface area (Å²) in [7, 11) is 1.60. The van der Waals surface area contributed by atoms with Crippen molar-refractivity contribution in [3.05, 3.63) is 27.2 Å². The maximum absolute atomic E-state index is 6.00. The first kappa shape index (κ1) is 9.69. The molecule has 0 amide bonds. The minimum atomic E-state index is 0.641. The fourth-order valence-electron chi connectivity index (χ4n) is 1.04. The second-order valence-corrected chi connectivity index (χ2v) is 3.41. The molecule has 0 saturated carbocycles. The van der Waals surface area contributed by atoms with Crippen LogP contribution in [-0.4, -0.2) is 7.11 Å². The van der Waals surface area contributed by atoms with Crippen LogP contribution >= 0.6 is 23.2 Å². The van der Waals surface area contributed by atoms with Crippen LogP contribution < -0.4 is 4.74 Å². The van der Waals surface area contributed by atoms with Crippen LogP contribution in [0.2, 0.25) is 10.0 Å². The number of benzene rings is 1. The molecule has 1 rings (SSSR count). The van der Waals surface area contributed by atoms with E-state index in [1.54, 1.807) is 13.2 Å². The lowest BCUT2D eigenvalue weighted by Crippen LogP contribution is -1.90. The van der Waals surface area contributed by atoms with Crippen molar-refractivity contribution in [2.75, 3.05) is 7.11 Å². The zero-order valence-electron chi connectivity index (χ0n) is 7.24. The molecule has 0 aliphatic heterocycles. The molecule has 3 heteroatoms. The monoisotopic (exact) mass is 204 g/mol. The predicted molar refractivity (Wildman–Crippen MR) is 52.5 cm³/mol. The molecule has 0 bridgehead atoms. The van der Waals surface area contributed by atoms with Gasteiger partial charge in [0.25, 0.3) is 0 Å². The van der Waals surface area contributed by atoms with E-state index in [2.05, 4.69) is 0 Å². The van der Waals surface area contributed by atoms with E-state index in [-0.39, 0.29) is 0 Å². The number of hydrogen-bond donors (Lipinski definition) is 0. The lowest BCUT2D eigenvalue weighted by Gasteiger charge is -2.09. The van der Waals surface area contributed by atoms with Gasteiger partial charge in [-0.3, -0.25) is 0 Å². The van der Waals surface area contributed by atoms with Gasteiger partial charge >= 0.3 is 0 Å². The van der Waals surface area contributed by atoms with Crippen LogP contribution in [0.15, 0.2) is 6.07 Å². The summed E-state index contributed by atoms with van der Waals surface area (Å²) in [5.41, 5.74) is 1.83. The zero-order chi connectivity index (χ0) is 9.30. The maximum atomic E-state index is 6.00. The van der Waals surface area contributed by atoms with Crippen LogP contribution in [0, 0.1) is 13.8 Å². The van der Waals surface area contributed by atoms with E-state index in [1.165, 1.54) is 0 Å². The SMILES string of the molecule is COc1cc(Cl)c(C)c(Cl)c1C. The fraction of sp³-hybridized carbons (Fsp3) is 0.333. The molecule has 1 nitrogen and oxygen atoms in total. The van der Waals surface area contributed by atoms with E-state index in [1.807, 2.05) is 13.8 Å². The van der Waals surface area contributed by atoms with Crippen molar-refractivity contribution in [1.29, 1.82) is 0 Å². The maximum Gasteiger partial charge on any atom is 0.124 e. The van der Waals surface area contributed by atoms with Crippen LogP contribution in [0.1, 0.15) is 11.1 Å².